The van der Waals surface area contributed by atoms with Crippen molar-refractivity contribution in [3.8, 4) is 5.75 Å². The smallest absolute Gasteiger partial charge is 0.282 e. The summed E-state index contributed by atoms with van der Waals surface area (Å²) in [6.07, 6.45) is 3.65. The molecule has 1 saturated heterocycles. The van der Waals surface area contributed by atoms with Gasteiger partial charge in [0.1, 0.15) is 5.75 Å². The summed E-state index contributed by atoms with van der Waals surface area (Å²) < 4.78 is 30.3. The van der Waals surface area contributed by atoms with Crippen LogP contribution in [0.5, 0.6) is 5.75 Å². The van der Waals surface area contributed by atoms with Gasteiger partial charge in [-0.2, -0.15) is 17.0 Å². The monoisotopic (exact) mass is 437 g/mol. The summed E-state index contributed by atoms with van der Waals surface area (Å²) >= 11 is 0. The Kier molecular flexibility index (Phi) is 7.49. The highest BCUT2D eigenvalue weighted by atomic mass is 32.2. The van der Waals surface area contributed by atoms with E-state index in [1.54, 1.807) is 14.7 Å². The van der Waals surface area contributed by atoms with Crippen LogP contribution in [-0.2, 0) is 23.1 Å². The van der Waals surface area contributed by atoms with Crippen LogP contribution in [0.3, 0.4) is 0 Å². The van der Waals surface area contributed by atoms with E-state index in [0.717, 1.165) is 44.3 Å². The van der Waals surface area contributed by atoms with E-state index < -0.39 is 10.2 Å². The maximum absolute atomic E-state index is 13.5. The van der Waals surface area contributed by atoms with Gasteiger partial charge in [-0.15, -0.1) is 0 Å². The number of likely N-dealkylation sites (tertiary alicyclic amines) is 1. The fourth-order valence-electron chi connectivity index (χ4n) is 5.62. The zero-order valence-corrected chi connectivity index (χ0v) is 20.0. The first-order valence-corrected chi connectivity index (χ1v) is 13.0. The lowest BCUT2D eigenvalue weighted by atomic mass is 9.73. The standard InChI is InChI=1S/C23H39N3O3S/c1-6-12-24-16-20(26(17(4)5)30(28,29)25(7-2)8-3)13-19-14-21-18(15-22(19)24)10-9-11-23(21)27/h9-11,17,19-20,22,27H,6-8,12-16H2,1-5H3. The summed E-state index contributed by atoms with van der Waals surface area (Å²) in [6.45, 7) is 12.7. The molecule has 170 valence electrons. The minimum atomic E-state index is -3.52. The average Bonchev–Trinajstić information content (AvgIpc) is 2.68. The zero-order valence-electron chi connectivity index (χ0n) is 19.2. The minimum Gasteiger partial charge on any atom is -0.508 e. The number of nitrogens with zero attached hydrogens (tertiary/aromatic N) is 3. The highest BCUT2D eigenvalue weighted by Gasteiger charge is 2.45. The molecule has 1 heterocycles. The third-order valence-corrected chi connectivity index (χ3v) is 9.28. The predicted molar refractivity (Wildman–Crippen MR) is 122 cm³/mol. The number of piperidine rings is 1. The summed E-state index contributed by atoms with van der Waals surface area (Å²) in [4.78, 5) is 2.51. The van der Waals surface area contributed by atoms with Gasteiger partial charge in [0.25, 0.3) is 10.2 Å². The third kappa shape index (κ3) is 4.40. The van der Waals surface area contributed by atoms with Crippen LogP contribution in [0.15, 0.2) is 18.2 Å². The van der Waals surface area contributed by atoms with Gasteiger partial charge in [0, 0.05) is 37.8 Å². The Bertz CT molecular complexity index is 823. The molecular formula is C23H39N3O3S. The molecule has 1 fully saturated rings. The largest absolute Gasteiger partial charge is 0.508 e. The number of aromatic hydroxyl groups is 1. The van der Waals surface area contributed by atoms with Crippen LogP contribution in [0.4, 0.5) is 0 Å². The van der Waals surface area contributed by atoms with Gasteiger partial charge in [-0.3, -0.25) is 4.90 Å². The van der Waals surface area contributed by atoms with Crippen molar-refractivity contribution in [2.24, 2.45) is 5.92 Å². The SMILES string of the molecule is CCCN1CC(N(C(C)C)S(=O)(=O)N(CC)CC)CC2Cc3c(O)cccc3CC21. The second-order valence-electron chi connectivity index (χ2n) is 9.05. The topological polar surface area (TPSA) is 64.1 Å². The molecule has 3 rings (SSSR count). The molecule has 0 spiro atoms. The fourth-order valence-corrected chi connectivity index (χ4v) is 7.61. The van der Waals surface area contributed by atoms with Crippen molar-refractivity contribution in [2.75, 3.05) is 26.2 Å². The molecule has 0 amide bonds. The highest BCUT2D eigenvalue weighted by molar-refractivity contribution is 7.86. The van der Waals surface area contributed by atoms with Crippen molar-refractivity contribution in [1.82, 2.24) is 13.5 Å². The van der Waals surface area contributed by atoms with Gasteiger partial charge >= 0.3 is 0 Å². The quantitative estimate of drug-likeness (QED) is 0.678. The molecule has 0 bridgehead atoms. The lowest BCUT2D eigenvalue weighted by molar-refractivity contribution is 0.0327. The number of benzene rings is 1. The van der Waals surface area contributed by atoms with Gasteiger partial charge in [-0.25, -0.2) is 0 Å². The van der Waals surface area contributed by atoms with Crippen LogP contribution in [0.1, 0.15) is 58.6 Å². The maximum atomic E-state index is 13.5. The molecule has 0 saturated carbocycles. The van der Waals surface area contributed by atoms with E-state index in [1.165, 1.54) is 5.56 Å². The number of phenolic OH excluding ortho intramolecular Hbond substituents is 1. The molecule has 7 heteroatoms. The van der Waals surface area contributed by atoms with Crippen LogP contribution in [0.2, 0.25) is 0 Å². The molecule has 2 aliphatic rings. The van der Waals surface area contributed by atoms with Crippen molar-refractivity contribution in [3.63, 3.8) is 0 Å². The van der Waals surface area contributed by atoms with E-state index in [4.69, 9.17) is 0 Å². The molecule has 1 aliphatic carbocycles. The summed E-state index contributed by atoms with van der Waals surface area (Å²) in [7, 11) is -3.52. The van der Waals surface area contributed by atoms with E-state index in [-0.39, 0.29) is 12.1 Å². The Morgan fingerprint density at radius 3 is 2.47 bits per heavy atom. The summed E-state index contributed by atoms with van der Waals surface area (Å²) in [6, 6.07) is 6.12. The van der Waals surface area contributed by atoms with E-state index in [2.05, 4.69) is 17.9 Å². The molecule has 1 N–H and O–H groups in total. The first-order valence-electron chi connectivity index (χ1n) is 11.6. The maximum Gasteiger partial charge on any atom is 0.282 e. The molecule has 6 nitrogen and oxygen atoms in total. The molecule has 30 heavy (non-hydrogen) atoms. The number of fused-ring (bicyclic) bond motifs is 2. The van der Waals surface area contributed by atoms with Crippen LogP contribution in [0.25, 0.3) is 0 Å². The van der Waals surface area contributed by atoms with Gasteiger partial charge in [0.05, 0.1) is 0 Å². The molecule has 0 radical (unpaired) electrons. The lowest BCUT2D eigenvalue weighted by Crippen LogP contribution is -2.61. The van der Waals surface area contributed by atoms with Crippen molar-refractivity contribution < 1.29 is 13.5 Å². The first kappa shape index (κ1) is 23.5. The highest BCUT2D eigenvalue weighted by Crippen LogP contribution is 2.40. The Hall–Kier alpha value is -1.15. The predicted octanol–water partition coefficient (Wildman–Crippen LogP) is 3.26. The van der Waals surface area contributed by atoms with Gasteiger partial charge < -0.3 is 5.11 Å². The van der Waals surface area contributed by atoms with Crippen molar-refractivity contribution in [3.05, 3.63) is 29.3 Å². The second kappa shape index (κ2) is 9.55. The van der Waals surface area contributed by atoms with Gasteiger partial charge in [0.2, 0.25) is 0 Å². The van der Waals surface area contributed by atoms with E-state index >= 15 is 0 Å². The summed E-state index contributed by atoms with van der Waals surface area (Å²) in [5.74, 6) is 0.732. The van der Waals surface area contributed by atoms with Gasteiger partial charge in [0.15, 0.2) is 0 Å². The molecule has 0 aromatic heterocycles. The lowest BCUT2D eigenvalue weighted by Gasteiger charge is -2.50. The van der Waals surface area contributed by atoms with E-state index in [1.807, 2.05) is 33.8 Å². The molecule has 1 aromatic carbocycles. The Labute approximate surface area is 183 Å². The molecule has 1 aromatic rings. The third-order valence-electron chi connectivity index (χ3n) is 6.85. The fraction of sp³-hybridized carbons (Fsp3) is 0.739. The molecule has 3 unspecified atom stereocenters. The van der Waals surface area contributed by atoms with Gasteiger partial charge in [-0.1, -0.05) is 32.9 Å². The molecule has 1 aliphatic heterocycles. The summed E-state index contributed by atoms with van der Waals surface area (Å²) in [5.41, 5.74) is 2.30. The number of hydrogen-bond donors (Lipinski definition) is 1. The Morgan fingerprint density at radius 1 is 1.17 bits per heavy atom. The van der Waals surface area contributed by atoms with Crippen LogP contribution in [0, 0.1) is 5.92 Å². The Morgan fingerprint density at radius 2 is 1.87 bits per heavy atom. The number of phenols is 1. The van der Waals surface area contributed by atoms with Crippen LogP contribution >= 0.6 is 0 Å². The second-order valence-corrected chi connectivity index (χ2v) is 10.9. The zero-order chi connectivity index (χ0) is 22.1. The minimum absolute atomic E-state index is 0.0456. The van der Waals surface area contributed by atoms with E-state index in [9.17, 15) is 13.5 Å². The van der Waals surface area contributed by atoms with Gasteiger partial charge in [-0.05, 0) is 69.2 Å². The first-order chi connectivity index (χ1) is 14.2. The average molecular weight is 438 g/mol. The van der Waals surface area contributed by atoms with Crippen LogP contribution in [-0.4, -0.2) is 71.3 Å². The number of hydrogen-bond acceptors (Lipinski definition) is 4. The Balaban J connectivity index is 1.94. The molecular weight excluding hydrogens is 398 g/mol. The van der Waals surface area contributed by atoms with E-state index in [0.29, 0.717) is 30.8 Å². The van der Waals surface area contributed by atoms with Crippen molar-refractivity contribution in [2.45, 2.75) is 78.4 Å². The number of rotatable bonds is 8. The summed E-state index contributed by atoms with van der Waals surface area (Å²) in [5, 5.41) is 10.4. The normalized spacial score (nSPS) is 25.0. The van der Waals surface area contributed by atoms with Crippen molar-refractivity contribution in [1.29, 1.82) is 0 Å². The molecule has 3 atom stereocenters. The van der Waals surface area contributed by atoms with Crippen molar-refractivity contribution >= 4 is 10.2 Å². The van der Waals surface area contributed by atoms with Crippen LogP contribution < -0.4 is 0 Å².